The lowest BCUT2D eigenvalue weighted by Gasteiger charge is -2.26. The van der Waals surface area contributed by atoms with Crippen molar-refractivity contribution in [3.8, 4) is 5.75 Å². The Morgan fingerprint density at radius 2 is 1.82 bits per heavy atom. The van der Waals surface area contributed by atoms with Crippen molar-refractivity contribution in [3.05, 3.63) is 59.7 Å². The van der Waals surface area contributed by atoms with Crippen LogP contribution in [-0.4, -0.2) is 58.7 Å². The highest BCUT2D eigenvalue weighted by Crippen LogP contribution is 2.20. The summed E-state index contributed by atoms with van der Waals surface area (Å²) in [5.41, 5.74) is 1.25. The SMILES string of the molecule is COCCc1ccc(OC(=O)c2cccc(S(=O)(=O)N3CCOCC3)c2)cc1. The quantitative estimate of drug-likeness (QED) is 0.518. The van der Waals surface area contributed by atoms with Gasteiger partial charge in [0.05, 0.1) is 30.3 Å². The van der Waals surface area contributed by atoms with Gasteiger partial charge in [-0.1, -0.05) is 18.2 Å². The summed E-state index contributed by atoms with van der Waals surface area (Å²) in [4.78, 5) is 12.5. The van der Waals surface area contributed by atoms with E-state index in [2.05, 4.69) is 0 Å². The Bertz CT molecular complexity index is 905. The monoisotopic (exact) mass is 405 g/mol. The zero-order valence-corrected chi connectivity index (χ0v) is 16.5. The normalized spacial score (nSPS) is 15.3. The van der Waals surface area contributed by atoms with E-state index in [4.69, 9.17) is 14.2 Å². The summed E-state index contributed by atoms with van der Waals surface area (Å²) in [6, 6.07) is 13.0. The predicted octanol–water partition coefficient (Wildman–Crippen LogP) is 2.12. The molecular weight excluding hydrogens is 382 g/mol. The Hall–Kier alpha value is -2.26. The molecule has 0 N–H and O–H groups in total. The molecule has 0 atom stereocenters. The number of hydrogen-bond acceptors (Lipinski definition) is 6. The van der Waals surface area contributed by atoms with Crippen LogP contribution in [0.1, 0.15) is 15.9 Å². The average molecular weight is 405 g/mol. The Balaban J connectivity index is 1.71. The first-order chi connectivity index (χ1) is 13.5. The van der Waals surface area contributed by atoms with Gasteiger partial charge in [0.15, 0.2) is 0 Å². The van der Waals surface area contributed by atoms with Crippen molar-refractivity contribution in [1.29, 1.82) is 0 Å². The highest BCUT2D eigenvalue weighted by molar-refractivity contribution is 7.89. The lowest BCUT2D eigenvalue weighted by atomic mass is 10.1. The number of methoxy groups -OCH3 is 1. The minimum atomic E-state index is -3.67. The number of esters is 1. The standard InChI is InChI=1S/C20H23NO6S/c1-25-12-9-16-5-7-18(8-6-16)27-20(22)17-3-2-4-19(15-17)28(23,24)21-10-13-26-14-11-21/h2-8,15H,9-14H2,1H3. The third-order valence-corrected chi connectivity index (χ3v) is 6.30. The van der Waals surface area contributed by atoms with Crippen LogP contribution < -0.4 is 4.74 Å². The van der Waals surface area contributed by atoms with Gasteiger partial charge >= 0.3 is 5.97 Å². The maximum absolute atomic E-state index is 12.8. The van der Waals surface area contributed by atoms with Gasteiger partial charge in [0.1, 0.15) is 5.75 Å². The Morgan fingerprint density at radius 3 is 2.50 bits per heavy atom. The van der Waals surface area contributed by atoms with Gasteiger partial charge in [0.25, 0.3) is 0 Å². The summed E-state index contributed by atoms with van der Waals surface area (Å²) < 4.78 is 42.5. The molecule has 0 amide bonds. The van der Waals surface area contributed by atoms with Crippen LogP contribution in [-0.2, 0) is 25.9 Å². The van der Waals surface area contributed by atoms with Crippen molar-refractivity contribution in [2.24, 2.45) is 0 Å². The molecule has 1 aliphatic rings. The number of benzene rings is 2. The average Bonchev–Trinajstić information content (AvgIpc) is 2.74. The number of morpholine rings is 1. The van der Waals surface area contributed by atoms with E-state index in [0.29, 0.717) is 38.7 Å². The molecule has 0 aliphatic carbocycles. The van der Waals surface area contributed by atoms with Crippen LogP contribution in [0.2, 0.25) is 0 Å². The van der Waals surface area contributed by atoms with Crippen LogP contribution in [0.25, 0.3) is 0 Å². The lowest BCUT2D eigenvalue weighted by Crippen LogP contribution is -2.40. The number of carbonyl (C=O) groups is 1. The Labute approximate surface area is 164 Å². The first kappa shape index (κ1) is 20.5. The molecule has 2 aromatic rings. The number of rotatable bonds is 7. The molecule has 3 rings (SSSR count). The van der Waals surface area contributed by atoms with Gasteiger partial charge in [-0.05, 0) is 42.3 Å². The molecule has 8 heteroatoms. The molecule has 1 fully saturated rings. The molecule has 28 heavy (non-hydrogen) atoms. The van der Waals surface area contributed by atoms with Gasteiger partial charge in [-0.25, -0.2) is 13.2 Å². The highest BCUT2D eigenvalue weighted by atomic mass is 32.2. The maximum atomic E-state index is 12.8. The van der Waals surface area contributed by atoms with Crippen molar-refractivity contribution < 1.29 is 27.4 Å². The van der Waals surface area contributed by atoms with E-state index in [0.717, 1.165) is 12.0 Å². The molecule has 0 spiro atoms. The fourth-order valence-corrected chi connectivity index (χ4v) is 4.28. The summed E-state index contributed by atoms with van der Waals surface area (Å²) in [5.74, 6) is -0.212. The number of carbonyl (C=O) groups excluding carboxylic acids is 1. The first-order valence-corrected chi connectivity index (χ1v) is 10.4. The fourth-order valence-electron chi connectivity index (χ4n) is 2.83. The van der Waals surface area contributed by atoms with Crippen LogP contribution in [0.15, 0.2) is 53.4 Å². The number of ether oxygens (including phenoxy) is 3. The third-order valence-electron chi connectivity index (χ3n) is 4.41. The van der Waals surface area contributed by atoms with E-state index in [1.165, 1.54) is 28.6 Å². The highest BCUT2D eigenvalue weighted by Gasteiger charge is 2.27. The van der Waals surface area contributed by atoms with E-state index in [1.807, 2.05) is 12.1 Å². The van der Waals surface area contributed by atoms with Gasteiger partial charge in [-0.3, -0.25) is 0 Å². The van der Waals surface area contributed by atoms with E-state index in [-0.39, 0.29) is 10.5 Å². The summed E-state index contributed by atoms with van der Waals surface area (Å²) in [6.45, 7) is 1.94. The molecule has 1 saturated heterocycles. The van der Waals surface area contributed by atoms with Crippen LogP contribution in [0.5, 0.6) is 5.75 Å². The van der Waals surface area contributed by atoms with Gasteiger partial charge < -0.3 is 14.2 Å². The minimum Gasteiger partial charge on any atom is -0.423 e. The zero-order valence-electron chi connectivity index (χ0n) is 15.7. The second kappa shape index (κ2) is 9.29. The summed E-state index contributed by atoms with van der Waals surface area (Å²) >= 11 is 0. The van der Waals surface area contributed by atoms with Gasteiger partial charge in [0, 0.05) is 20.2 Å². The predicted molar refractivity (Wildman–Crippen MR) is 103 cm³/mol. The first-order valence-electron chi connectivity index (χ1n) is 8.99. The minimum absolute atomic E-state index is 0.0683. The summed E-state index contributed by atoms with van der Waals surface area (Å²) in [6.07, 6.45) is 0.770. The molecular formula is C20H23NO6S. The van der Waals surface area contributed by atoms with Crippen LogP contribution in [0.3, 0.4) is 0 Å². The van der Waals surface area contributed by atoms with Gasteiger partial charge in [0.2, 0.25) is 10.0 Å². The van der Waals surface area contributed by atoms with Gasteiger partial charge in [-0.15, -0.1) is 0 Å². The second-order valence-corrected chi connectivity index (χ2v) is 8.26. The van der Waals surface area contributed by atoms with Gasteiger partial charge in [-0.2, -0.15) is 4.31 Å². The molecule has 0 saturated carbocycles. The van der Waals surface area contributed by atoms with Crippen LogP contribution in [0, 0.1) is 0 Å². The molecule has 7 nitrogen and oxygen atoms in total. The molecule has 0 aromatic heterocycles. The smallest absolute Gasteiger partial charge is 0.343 e. The largest absolute Gasteiger partial charge is 0.423 e. The Kier molecular flexibility index (Phi) is 6.79. The van der Waals surface area contributed by atoms with E-state index in [9.17, 15) is 13.2 Å². The molecule has 0 radical (unpaired) electrons. The lowest BCUT2D eigenvalue weighted by molar-refractivity contribution is 0.0727. The van der Waals surface area contributed by atoms with Crippen molar-refractivity contribution in [1.82, 2.24) is 4.31 Å². The van der Waals surface area contributed by atoms with Crippen LogP contribution in [0.4, 0.5) is 0 Å². The van der Waals surface area contributed by atoms with Crippen LogP contribution >= 0.6 is 0 Å². The maximum Gasteiger partial charge on any atom is 0.343 e. The molecule has 0 bridgehead atoms. The topological polar surface area (TPSA) is 82.1 Å². The summed E-state index contributed by atoms with van der Waals surface area (Å²) in [5, 5.41) is 0. The van der Waals surface area contributed by atoms with Crippen molar-refractivity contribution >= 4 is 16.0 Å². The number of hydrogen-bond donors (Lipinski definition) is 0. The van der Waals surface area contributed by atoms with E-state index in [1.54, 1.807) is 19.2 Å². The molecule has 150 valence electrons. The second-order valence-electron chi connectivity index (χ2n) is 6.32. The molecule has 2 aromatic carbocycles. The summed E-state index contributed by atoms with van der Waals surface area (Å²) in [7, 11) is -2.03. The van der Waals surface area contributed by atoms with Crippen molar-refractivity contribution in [2.75, 3.05) is 40.0 Å². The Morgan fingerprint density at radius 1 is 1.11 bits per heavy atom. The zero-order chi connectivity index (χ0) is 20.0. The fraction of sp³-hybridized carbons (Fsp3) is 0.350. The van der Waals surface area contributed by atoms with E-state index >= 15 is 0 Å². The number of nitrogens with zero attached hydrogens (tertiary/aromatic N) is 1. The molecule has 0 unspecified atom stereocenters. The number of sulfonamides is 1. The van der Waals surface area contributed by atoms with E-state index < -0.39 is 16.0 Å². The molecule has 1 heterocycles. The third kappa shape index (κ3) is 4.96. The van der Waals surface area contributed by atoms with Crippen molar-refractivity contribution in [2.45, 2.75) is 11.3 Å². The van der Waals surface area contributed by atoms with Crippen molar-refractivity contribution in [3.63, 3.8) is 0 Å². The molecule has 1 aliphatic heterocycles.